The topological polar surface area (TPSA) is 59.4 Å². The SMILES string of the molecule is O=S(=O)(/N=C/C1CCCCC1)c1ccccn1. The molecule has 0 aliphatic heterocycles. The molecule has 0 N–H and O–H groups in total. The standard InChI is InChI=1S/C12H16N2O2S/c15-17(16,12-8-4-5-9-13-12)14-10-11-6-2-1-3-7-11/h4-5,8-11H,1-3,6-7H2/b14-10+. The molecule has 1 aromatic heterocycles. The summed E-state index contributed by atoms with van der Waals surface area (Å²) >= 11 is 0. The van der Waals surface area contributed by atoms with Gasteiger partial charge in [-0.05, 0) is 30.9 Å². The summed E-state index contributed by atoms with van der Waals surface area (Å²) in [5.41, 5.74) is 0. The molecule has 1 aromatic rings. The van der Waals surface area contributed by atoms with Crippen LogP contribution in [-0.2, 0) is 10.0 Å². The summed E-state index contributed by atoms with van der Waals surface area (Å²) in [6, 6.07) is 4.80. The Morgan fingerprint density at radius 2 is 2.00 bits per heavy atom. The molecule has 1 saturated carbocycles. The molecule has 1 aliphatic rings. The van der Waals surface area contributed by atoms with Gasteiger partial charge >= 0.3 is 0 Å². The Morgan fingerprint density at radius 3 is 2.65 bits per heavy atom. The smallest absolute Gasteiger partial charge is 0.243 e. The highest BCUT2D eigenvalue weighted by molar-refractivity contribution is 7.90. The summed E-state index contributed by atoms with van der Waals surface area (Å²) < 4.78 is 27.4. The fourth-order valence-electron chi connectivity index (χ4n) is 2.00. The second-order valence-electron chi connectivity index (χ2n) is 4.30. The molecular weight excluding hydrogens is 236 g/mol. The first-order valence-corrected chi connectivity index (χ1v) is 7.34. The highest BCUT2D eigenvalue weighted by Gasteiger charge is 2.15. The number of hydrogen-bond acceptors (Lipinski definition) is 3. The zero-order valence-corrected chi connectivity index (χ0v) is 10.4. The van der Waals surface area contributed by atoms with Crippen LogP contribution in [0.15, 0.2) is 33.8 Å². The van der Waals surface area contributed by atoms with Gasteiger partial charge < -0.3 is 0 Å². The lowest BCUT2D eigenvalue weighted by Crippen LogP contribution is -2.09. The number of pyridine rings is 1. The third-order valence-corrected chi connectivity index (χ3v) is 4.13. The quantitative estimate of drug-likeness (QED) is 0.776. The summed E-state index contributed by atoms with van der Waals surface area (Å²) in [5, 5.41) is 0.0204. The molecule has 92 valence electrons. The van der Waals surface area contributed by atoms with E-state index in [1.165, 1.54) is 31.5 Å². The Kier molecular flexibility index (Phi) is 3.89. The molecule has 2 rings (SSSR count). The third-order valence-electron chi connectivity index (χ3n) is 2.96. The second-order valence-corrected chi connectivity index (χ2v) is 5.87. The van der Waals surface area contributed by atoms with E-state index in [4.69, 9.17) is 0 Å². The highest BCUT2D eigenvalue weighted by atomic mass is 32.2. The van der Waals surface area contributed by atoms with Crippen molar-refractivity contribution < 1.29 is 8.42 Å². The van der Waals surface area contributed by atoms with Crippen LogP contribution in [0.2, 0.25) is 0 Å². The second kappa shape index (κ2) is 5.40. The van der Waals surface area contributed by atoms with Crippen LogP contribution in [0.25, 0.3) is 0 Å². The number of hydrogen-bond donors (Lipinski definition) is 0. The van der Waals surface area contributed by atoms with Crippen molar-refractivity contribution in [1.29, 1.82) is 0 Å². The van der Waals surface area contributed by atoms with Crippen molar-refractivity contribution in [2.75, 3.05) is 0 Å². The summed E-state index contributed by atoms with van der Waals surface area (Å²) in [6.45, 7) is 0. The zero-order valence-electron chi connectivity index (χ0n) is 9.62. The summed E-state index contributed by atoms with van der Waals surface area (Å²) in [5.74, 6) is 0.308. The van der Waals surface area contributed by atoms with E-state index in [1.54, 1.807) is 18.3 Å². The van der Waals surface area contributed by atoms with Gasteiger partial charge in [0.1, 0.15) is 0 Å². The lowest BCUT2D eigenvalue weighted by atomic mass is 9.90. The molecule has 1 heterocycles. The Labute approximate surface area is 102 Å². The van der Waals surface area contributed by atoms with Crippen LogP contribution >= 0.6 is 0 Å². The summed E-state index contributed by atoms with van der Waals surface area (Å²) in [4.78, 5) is 3.81. The summed E-state index contributed by atoms with van der Waals surface area (Å²) in [7, 11) is -3.60. The number of rotatable bonds is 3. The minimum Gasteiger partial charge on any atom is -0.243 e. The third kappa shape index (κ3) is 3.36. The highest BCUT2D eigenvalue weighted by Crippen LogP contribution is 2.22. The minimum absolute atomic E-state index is 0.0204. The monoisotopic (exact) mass is 252 g/mol. The molecule has 0 unspecified atom stereocenters. The lowest BCUT2D eigenvalue weighted by molar-refractivity contribution is 0.445. The molecule has 0 aromatic carbocycles. The van der Waals surface area contributed by atoms with Crippen LogP contribution < -0.4 is 0 Å². The van der Waals surface area contributed by atoms with Gasteiger partial charge in [0, 0.05) is 12.4 Å². The lowest BCUT2D eigenvalue weighted by Gasteiger charge is -2.16. The molecule has 0 atom stereocenters. The van der Waals surface area contributed by atoms with Gasteiger partial charge in [-0.3, -0.25) is 0 Å². The molecule has 5 heteroatoms. The van der Waals surface area contributed by atoms with Gasteiger partial charge in [-0.25, -0.2) is 4.98 Å². The van der Waals surface area contributed by atoms with Gasteiger partial charge in [0.2, 0.25) is 0 Å². The first-order chi connectivity index (χ1) is 8.18. The first kappa shape index (κ1) is 12.2. The molecule has 17 heavy (non-hydrogen) atoms. The van der Waals surface area contributed by atoms with Crippen LogP contribution in [0.3, 0.4) is 0 Å². The Balaban J connectivity index is 2.09. The van der Waals surface area contributed by atoms with Crippen molar-refractivity contribution in [3.8, 4) is 0 Å². The molecule has 0 bridgehead atoms. The van der Waals surface area contributed by atoms with Crippen LogP contribution in [0, 0.1) is 5.92 Å². The van der Waals surface area contributed by atoms with Crippen molar-refractivity contribution in [1.82, 2.24) is 4.98 Å². The van der Waals surface area contributed by atoms with E-state index in [-0.39, 0.29) is 5.03 Å². The maximum absolute atomic E-state index is 11.8. The molecule has 4 nitrogen and oxygen atoms in total. The average molecular weight is 252 g/mol. The number of aromatic nitrogens is 1. The van der Waals surface area contributed by atoms with E-state index in [1.807, 2.05) is 0 Å². The fraction of sp³-hybridized carbons (Fsp3) is 0.500. The van der Waals surface area contributed by atoms with E-state index in [0.29, 0.717) is 5.92 Å². The molecule has 0 spiro atoms. The molecule has 1 aliphatic carbocycles. The molecular formula is C12H16N2O2S. The van der Waals surface area contributed by atoms with Gasteiger partial charge in [-0.2, -0.15) is 12.8 Å². The van der Waals surface area contributed by atoms with Gasteiger partial charge in [0.15, 0.2) is 5.03 Å². The summed E-state index contributed by atoms with van der Waals surface area (Å²) in [6.07, 6.45) is 8.71. The number of sulfonamides is 1. The van der Waals surface area contributed by atoms with E-state index in [2.05, 4.69) is 9.38 Å². The van der Waals surface area contributed by atoms with E-state index < -0.39 is 10.0 Å². The number of nitrogens with zero attached hydrogens (tertiary/aromatic N) is 2. The average Bonchev–Trinajstić information content (AvgIpc) is 2.39. The molecule has 0 amide bonds. The Morgan fingerprint density at radius 1 is 1.24 bits per heavy atom. The predicted molar refractivity (Wildman–Crippen MR) is 66.5 cm³/mol. The van der Waals surface area contributed by atoms with Gasteiger partial charge in [-0.15, -0.1) is 0 Å². The zero-order chi connectivity index (χ0) is 12.1. The normalized spacial score (nSPS) is 18.6. The predicted octanol–water partition coefficient (Wildman–Crippen LogP) is 2.42. The van der Waals surface area contributed by atoms with Crippen LogP contribution in [0.1, 0.15) is 32.1 Å². The van der Waals surface area contributed by atoms with Gasteiger partial charge in [-0.1, -0.05) is 25.3 Å². The maximum atomic E-state index is 11.8. The largest absolute Gasteiger partial charge is 0.299 e. The molecule has 0 radical (unpaired) electrons. The van der Waals surface area contributed by atoms with Crippen molar-refractivity contribution in [2.24, 2.45) is 10.3 Å². The van der Waals surface area contributed by atoms with Crippen molar-refractivity contribution in [3.05, 3.63) is 24.4 Å². The molecule has 0 saturated heterocycles. The first-order valence-electron chi connectivity index (χ1n) is 5.90. The van der Waals surface area contributed by atoms with Gasteiger partial charge in [0.05, 0.1) is 0 Å². The Hall–Kier alpha value is -1.23. The maximum Gasteiger partial charge on any atom is 0.299 e. The Bertz CT molecular complexity index is 476. The van der Waals surface area contributed by atoms with E-state index >= 15 is 0 Å². The van der Waals surface area contributed by atoms with Crippen LogP contribution in [-0.4, -0.2) is 19.6 Å². The van der Waals surface area contributed by atoms with Crippen molar-refractivity contribution >= 4 is 16.2 Å². The fourth-order valence-corrected chi connectivity index (χ4v) is 2.89. The van der Waals surface area contributed by atoms with Crippen molar-refractivity contribution in [3.63, 3.8) is 0 Å². The van der Waals surface area contributed by atoms with E-state index in [0.717, 1.165) is 12.8 Å². The van der Waals surface area contributed by atoms with Crippen molar-refractivity contribution in [2.45, 2.75) is 37.1 Å². The molecule has 1 fully saturated rings. The minimum atomic E-state index is -3.60. The van der Waals surface area contributed by atoms with Crippen LogP contribution in [0.5, 0.6) is 0 Å². The van der Waals surface area contributed by atoms with Crippen LogP contribution in [0.4, 0.5) is 0 Å². The van der Waals surface area contributed by atoms with Gasteiger partial charge in [0.25, 0.3) is 10.0 Å². The van der Waals surface area contributed by atoms with E-state index in [9.17, 15) is 8.42 Å².